The van der Waals surface area contributed by atoms with E-state index in [1.165, 1.54) is 4.31 Å². The predicted octanol–water partition coefficient (Wildman–Crippen LogP) is 0.133. The number of aliphatic carboxylic acids is 1. The van der Waals surface area contributed by atoms with Crippen molar-refractivity contribution in [2.75, 3.05) is 18.8 Å². The quantitative estimate of drug-likeness (QED) is 0.735. The summed E-state index contributed by atoms with van der Waals surface area (Å²) in [5.74, 6) is -1.55. The minimum absolute atomic E-state index is 0.455. The largest absolute Gasteiger partial charge is 0.480 e. The van der Waals surface area contributed by atoms with Crippen LogP contribution < -0.4 is 0 Å². The molecule has 82 valence electrons. The Labute approximate surface area is 83.8 Å². The Balaban J connectivity index is 2.60. The van der Waals surface area contributed by atoms with E-state index in [-0.39, 0.29) is 0 Å². The molecule has 1 N–H and O–H groups in total. The van der Waals surface area contributed by atoms with Crippen molar-refractivity contribution in [1.29, 1.82) is 0 Å². The Hall–Kier alpha value is -0.620. The maximum absolute atomic E-state index is 11.4. The minimum Gasteiger partial charge on any atom is -0.480 e. The smallest absolute Gasteiger partial charge is 0.320 e. The summed E-state index contributed by atoms with van der Waals surface area (Å²) >= 11 is 0. The lowest BCUT2D eigenvalue weighted by atomic mass is 10.0. The van der Waals surface area contributed by atoms with Gasteiger partial charge >= 0.3 is 5.97 Å². The monoisotopic (exact) mass is 221 g/mol. The molecule has 1 saturated heterocycles. The molecule has 1 aliphatic heterocycles. The fraction of sp³-hybridized carbons (Fsp3) is 0.875. The second-order valence-electron chi connectivity index (χ2n) is 3.73. The highest BCUT2D eigenvalue weighted by Crippen LogP contribution is 2.18. The van der Waals surface area contributed by atoms with Gasteiger partial charge in [0.2, 0.25) is 10.0 Å². The molecule has 0 spiro atoms. The van der Waals surface area contributed by atoms with Crippen molar-refractivity contribution in [3.63, 3.8) is 0 Å². The molecular weight excluding hydrogens is 206 g/mol. The van der Waals surface area contributed by atoms with Crippen LogP contribution >= 0.6 is 0 Å². The van der Waals surface area contributed by atoms with E-state index >= 15 is 0 Å². The first-order chi connectivity index (χ1) is 6.42. The molecule has 0 aromatic rings. The number of hydrogen-bond donors (Lipinski definition) is 1. The van der Waals surface area contributed by atoms with E-state index in [0.29, 0.717) is 19.0 Å². The lowest BCUT2D eigenvalue weighted by molar-refractivity contribution is -0.134. The van der Waals surface area contributed by atoms with Crippen LogP contribution in [0.15, 0.2) is 0 Å². The molecule has 0 radical (unpaired) electrons. The molecule has 0 atom stereocenters. The van der Waals surface area contributed by atoms with Gasteiger partial charge in [0, 0.05) is 13.1 Å². The molecule has 0 bridgehead atoms. The van der Waals surface area contributed by atoms with Crippen LogP contribution in [-0.4, -0.2) is 42.6 Å². The number of piperidine rings is 1. The van der Waals surface area contributed by atoms with Gasteiger partial charge in [-0.2, -0.15) is 0 Å². The first-order valence-corrected chi connectivity index (χ1v) is 6.22. The van der Waals surface area contributed by atoms with E-state index in [4.69, 9.17) is 5.11 Å². The Kier molecular flexibility index (Phi) is 3.49. The van der Waals surface area contributed by atoms with E-state index in [0.717, 1.165) is 12.8 Å². The van der Waals surface area contributed by atoms with Gasteiger partial charge in [-0.25, -0.2) is 12.7 Å². The molecule has 0 saturated carbocycles. The molecule has 0 amide bonds. The van der Waals surface area contributed by atoms with Crippen molar-refractivity contribution >= 4 is 16.0 Å². The van der Waals surface area contributed by atoms with Gasteiger partial charge in [-0.3, -0.25) is 4.79 Å². The molecule has 0 aliphatic carbocycles. The number of carboxylic acids is 1. The Bertz CT molecular complexity index is 303. The van der Waals surface area contributed by atoms with Crippen molar-refractivity contribution in [2.24, 2.45) is 5.92 Å². The molecule has 1 heterocycles. The van der Waals surface area contributed by atoms with Crippen LogP contribution in [0.5, 0.6) is 0 Å². The third-order valence-electron chi connectivity index (χ3n) is 2.44. The maximum Gasteiger partial charge on any atom is 0.320 e. The second kappa shape index (κ2) is 4.27. The summed E-state index contributed by atoms with van der Waals surface area (Å²) in [4.78, 5) is 10.3. The highest BCUT2D eigenvalue weighted by Gasteiger charge is 2.28. The van der Waals surface area contributed by atoms with Gasteiger partial charge < -0.3 is 5.11 Å². The Morgan fingerprint density at radius 3 is 2.36 bits per heavy atom. The van der Waals surface area contributed by atoms with Gasteiger partial charge in [0.05, 0.1) is 0 Å². The van der Waals surface area contributed by atoms with Gasteiger partial charge in [-0.1, -0.05) is 6.92 Å². The van der Waals surface area contributed by atoms with Crippen molar-refractivity contribution in [1.82, 2.24) is 4.31 Å². The van der Waals surface area contributed by atoms with Crippen molar-refractivity contribution in [3.8, 4) is 0 Å². The number of nitrogens with zero attached hydrogens (tertiary/aromatic N) is 1. The molecule has 1 rings (SSSR count). The zero-order valence-corrected chi connectivity index (χ0v) is 8.96. The van der Waals surface area contributed by atoms with Crippen LogP contribution in [-0.2, 0) is 14.8 Å². The Morgan fingerprint density at radius 1 is 1.43 bits per heavy atom. The van der Waals surface area contributed by atoms with Gasteiger partial charge in [0.1, 0.15) is 0 Å². The predicted molar refractivity (Wildman–Crippen MR) is 51.4 cm³/mol. The summed E-state index contributed by atoms with van der Waals surface area (Å²) in [7, 11) is -3.57. The number of carboxylic acid groups (broad SMARTS) is 1. The third-order valence-corrected chi connectivity index (χ3v) is 4.21. The van der Waals surface area contributed by atoms with Crippen LogP contribution in [0.3, 0.4) is 0 Å². The standard InChI is InChI=1S/C8H15NO4S/c1-7-2-4-9(5-3-7)14(12,13)6-8(10)11/h7H,2-6H2,1H3,(H,10,11). The first kappa shape index (κ1) is 11.5. The lowest BCUT2D eigenvalue weighted by Crippen LogP contribution is -2.40. The minimum atomic E-state index is -3.57. The maximum atomic E-state index is 11.4. The summed E-state index contributed by atoms with van der Waals surface area (Å²) in [6.45, 7) is 2.98. The summed E-state index contributed by atoms with van der Waals surface area (Å²) in [6.07, 6.45) is 1.64. The fourth-order valence-corrected chi connectivity index (χ4v) is 2.77. The molecule has 0 aromatic carbocycles. The molecule has 0 unspecified atom stereocenters. The SMILES string of the molecule is CC1CCN(S(=O)(=O)CC(=O)O)CC1. The van der Waals surface area contributed by atoms with E-state index in [1.807, 2.05) is 0 Å². The number of rotatable bonds is 3. The number of hydrogen-bond acceptors (Lipinski definition) is 3. The Morgan fingerprint density at radius 2 is 1.93 bits per heavy atom. The average Bonchev–Trinajstić information content (AvgIpc) is 2.02. The summed E-state index contributed by atoms with van der Waals surface area (Å²) < 4.78 is 24.2. The van der Waals surface area contributed by atoms with Crippen molar-refractivity contribution in [2.45, 2.75) is 19.8 Å². The van der Waals surface area contributed by atoms with E-state index in [9.17, 15) is 13.2 Å². The van der Waals surface area contributed by atoms with Gasteiger partial charge in [0.15, 0.2) is 5.75 Å². The first-order valence-electron chi connectivity index (χ1n) is 4.61. The van der Waals surface area contributed by atoms with Crippen molar-refractivity contribution < 1.29 is 18.3 Å². The number of sulfonamides is 1. The van der Waals surface area contributed by atoms with Gasteiger partial charge in [-0.15, -0.1) is 0 Å². The average molecular weight is 221 g/mol. The fourth-order valence-electron chi connectivity index (χ4n) is 1.51. The van der Waals surface area contributed by atoms with Gasteiger partial charge in [-0.05, 0) is 18.8 Å². The summed E-state index contributed by atoms with van der Waals surface area (Å²) in [6, 6.07) is 0. The molecule has 14 heavy (non-hydrogen) atoms. The highest BCUT2D eigenvalue weighted by atomic mass is 32.2. The van der Waals surface area contributed by atoms with Crippen LogP contribution in [0.1, 0.15) is 19.8 Å². The van der Waals surface area contributed by atoms with Crippen LogP contribution in [0.25, 0.3) is 0 Å². The zero-order chi connectivity index (χ0) is 10.8. The molecular formula is C8H15NO4S. The molecule has 1 fully saturated rings. The molecule has 1 aliphatic rings. The van der Waals surface area contributed by atoms with E-state index < -0.39 is 21.7 Å². The molecule has 6 heteroatoms. The topological polar surface area (TPSA) is 74.7 Å². The van der Waals surface area contributed by atoms with Crippen molar-refractivity contribution in [3.05, 3.63) is 0 Å². The molecule has 0 aromatic heterocycles. The normalized spacial score (nSPS) is 20.9. The summed E-state index contributed by atoms with van der Waals surface area (Å²) in [5, 5.41) is 8.43. The lowest BCUT2D eigenvalue weighted by Gasteiger charge is -2.28. The van der Waals surface area contributed by atoms with Crippen LogP contribution in [0.2, 0.25) is 0 Å². The van der Waals surface area contributed by atoms with Crippen LogP contribution in [0, 0.1) is 5.92 Å². The zero-order valence-electron chi connectivity index (χ0n) is 8.14. The third kappa shape index (κ3) is 2.95. The van der Waals surface area contributed by atoms with Gasteiger partial charge in [0.25, 0.3) is 0 Å². The van der Waals surface area contributed by atoms with E-state index in [2.05, 4.69) is 6.92 Å². The highest BCUT2D eigenvalue weighted by molar-refractivity contribution is 7.89. The number of carbonyl (C=O) groups is 1. The van der Waals surface area contributed by atoms with Crippen LogP contribution in [0.4, 0.5) is 0 Å². The van der Waals surface area contributed by atoms with E-state index in [1.54, 1.807) is 0 Å². The summed E-state index contributed by atoms with van der Waals surface area (Å²) in [5.41, 5.74) is 0. The second-order valence-corrected chi connectivity index (χ2v) is 5.70. The molecule has 5 nitrogen and oxygen atoms in total.